The molecule has 150 valence electrons. The highest BCUT2D eigenvalue weighted by Gasteiger charge is 2.14. The van der Waals surface area contributed by atoms with Crippen molar-refractivity contribution >= 4 is 16.8 Å². The summed E-state index contributed by atoms with van der Waals surface area (Å²) in [4.78, 5) is 38.2. The lowest BCUT2D eigenvalue weighted by atomic mass is 10.1. The minimum Gasteiger partial charge on any atom is -0.346 e. The van der Waals surface area contributed by atoms with Crippen molar-refractivity contribution in [2.24, 2.45) is 0 Å². The number of halogens is 1. The maximum atomic E-state index is 13.1. The van der Waals surface area contributed by atoms with Gasteiger partial charge in [-0.2, -0.15) is 0 Å². The van der Waals surface area contributed by atoms with Gasteiger partial charge in [0.1, 0.15) is 5.82 Å². The molecule has 0 aromatic carbocycles. The predicted molar refractivity (Wildman–Crippen MR) is 109 cm³/mol. The van der Waals surface area contributed by atoms with Crippen LogP contribution in [0.2, 0.25) is 0 Å². The van der Waals surface area contributed by atoms with Gasteiger partial charge in [-0.25, -0.2) is 4.39 Å². The Balaban J connectivity index is 1.63. The molecule has 4 aromatic heterocycles. The first-order valence-electron chi connectivity index (χ1n) is 9.30. The number of nitrogens with one attached hydrogen (secondary N) is 1. The van der Waals surface area contributed by atoms with E-state index in [1.54, 1.807) is 37.5 Å². The third-order valence-corrected chi connectivity index (χ3v) is 4.67. The molecule has 30 heavy (non-hydrogen) atoms. The van der Waals surface area contributed by atoms with Gasteiger partial charge in [0.25, 0.3) is 11.5 Å². The van der Waals surface area contributed by atoms with Crippen LogP contribution < -0.4 is 10.9 Å². The lowest BCUT2D eigenvalue weighted by Crippen LogP contribution is -2.26. The van der Waals surface area contributed by atoms with Gasteiger partial charge < -0.3 is 9.88 Å². The van der Waals surface area contributed by atoms with E-state index in [9.17, 15) is 14.0 Å². The fourth-order valence-corrected chi connectivity index (χ4v) is 3.10. The van der Waals surface area contributed by atoms with E-state index in [1.807, 2.05) is 12.1 Å². The Morgan fingerprint density at radius 3 is 2.73 bits per heavy atom. The molecule has 0 fully saturated rings. The van der Waals surface area contributed by atoms with Gasteiger partial charge in [-0.3, -0.25) is 24.5 Å². The monoisotopic (exact) mass is 403 g/mol. The van der Waals surface area contributed by atoms with Crippen LogP contribution in [0.15, 0.2) is 65.8 Å². The maximum absolute atomic E-state index is 13.1. The number of carbonyl (C=O) groups is 1. The van der Waals surface area contributed by atoms with Crippen LogP contribution in [0.25, 0.3) is 10.9 Å². The molecule has 8 heteroatoms. The summed E-state index contributed by atoms with van der Waals surface area (Å²) >= 11 is 0. The zero-order chi connectivity index (χ0) is 21.1. The Morgan fingerprint density at radius 2 is 2.00 bits per heavy atom. The quantitative estimate of drug-likeness (QED) is 0.553. The number of rotatable bonds is 5. The number of aryl methyl sites for hydroxylation is 1. The van der Waals surface area contributed by atoms with Crippen LogP contribution in [0.3, 0.4) is 0 Å². The van der Waals surface area contributed by atoms with E-state index in [2.05, 4.69) is 20.3 Å². The summed E-state index contributed by atoms with van der Waals surface area (Å²) < 4.78 is 14.5. The van der Waals surface area contributed by atoms with Gasteiger partial charge in [0.05, 0.1) is 52.8 Å². The SMILES string of the molecule is Cc1nc2ccn(Cc3ccc(F)cn3)c(=O)c2cc1C(=O)NCc1ccccn1. The van der Waals surface area contributed by atoms with E-state index < -0.39 is 5.82 Å². The number of aromatic nitrogens is 4. The van der Waals surface area contributed by atoms with Crippen molar-refractivity contribution < 1.29 is 9.18 Å². The van der Waals surface area contributed by atoms with Crippen molar-refractivity contribution in [1.82, 2.24) is 24.8 Å². The first-order chi connectivity index (χ1) is 14.5. The fourth-order valence-electron chi connectivity index (χ4n) is 3.10. The minimum atomic E-state index is -0.439. The largest absolute Gasteiger partial charge is 0.346 e. The average molecular weight is 403 g/mol. The van der Waals surface area contributed by atoms with Gasteiger partial charge in [0.15, 0.2) is 0 Å². The Labute approximate surface area is 171 Å². The second-order valence-corrected chi connectivity index (χ2v) is 6.77. The van der Waals surface area contributed by atoms with E-state index >= 15 is 0 Å². The summed E-state index contributed by atoms with van der Waals surface area (Å²) in [5, 5.41) is 3.13. The zero-order valence-electron chi connectivity index (χ0n) is 16.2. The van der Waals surface area contributed by atoms with Gasteiger partial charge in [0.2, 0.25) is 0 Å². The molecule has 0 bridgehead atoms. The van der Waals surface area contributed by atoms with Crippen molar-refractivity contribution in [1.29, 1.82) is 0 Å². The van der Waals surface area contributed by atoms with Crippen molar-refractivity contribution in [3.05, 3.63) is 99.9 Å². The number of hydrogen-bond acceptors (Lipinski definition) is 5. The van der Waals surface area contributed by atoms with Gasteiger partial charge in [0, 0.05) is 12.4 Å². The number of amides is 1. The van der Waals surface area contributed by atoms with Crippen LogP contribution in [0.4, 0.5) is 4.39 Å². The molecule has 0 aliphatic rings. The standard InChI is InChI=1S/C22H18FN5O2/c1-14-18(21(29)26-12-16-4-2-3-8-24-16)10-19-20(27-14)7-9-28(22(19)30)13-17-6-5-15(23)11-25-17/h2-11H,12-13H2,1H3,(H,26,29). The van der Waals surface area contributed by atoms with Gasteiger partial charge in [-0.15, -0.1) is 0 Å². The normalized spacial score (nSPS) is 10.9. The van der Waals surface area contributed by atoms with E-state index in [1.165, 1.54) is 16.7 Å². The number of hydrogen-bond donors (Lipinski definition) is 1. The fraction of sp³-hybridized carbons (Fsp3) is 0.136. The molecule has 7 nitrogen and oxygen atoms in total. The summed E-state index contributed by atoms with van der Waals surface area (Å²) in [7, 11) is 0. The number of fused-ring (bicyclic) bond motifs is 1. The molecule has 1 N–H and O–H groups in total. The van der Waals surface area contributed by atoms with Crippen molar-refractivity contribution in [2.75, 3.05) is 0 Å². The Morgan fingerprint density at radius 1 is 1.13 bits per heavy atom. The molecule has 0 saturated carbocycles. The van der Waals surface area contributed by atoms with Crippen LogP contribution in [0.5, 0.6) is 0 Å². The minimum absolute atomic E-state index is 0.185. The molecule has 0 radical (unpaired) electrons. The average Bonchev–Trinajstić information content (AvgIpc) is 2.76. The Hall–Kier alpha value is -3.94. The third kappa shape index (κ3) is 4.07. The van der Waals surface area contributed by atoms with Crippen LogP contribution in [-0.2, 0) is 13.1 Å². The molecule has 4 aromatic rings. The summed E-state index contributed by atoms with van der Waals surface area (Å²) in [6.07, 6.45) is 4.38. The Kier molecular flexibility index (Phi) is 5.30. The molecule has 0 saturated heterocycles. The lowest BCUT2D eigenvalue weighted by molar-refractivity contribution is 0.0949. The van der Waals surface area contributed by atoms with Gasteiger partial charge in [-0.1, -0.05) is 6.07 Å². The van der Waals surface area contributed by atoms with E-state index in [-0.39, 0.29) is 24.6 Å². The molecule has 0 spiro atoms. The van der Waals surface area contributed by atoms with Gasteiger partial charge >= 0.3 is 0 Å². The van der Waals surface area contributed by atoms with E-state index in [0.717, 1.165) is 11.9 Å². The molecular weight excluding hydrogens is 385 g/mol. The molecule has 1 amide bonds. The smallest absolute Gasteiger partial charge is 0.260 e. The molecule has 4 heterocycles. The second-order valence-electron chi connectivity index (χ2n) is 6.77. The molecule has 0 aliphatic carbocycles. The predicted octanol–water partition coefficient (Wildman–Crippen LogP) is 2.61. The van der Waals surface area contributed by atoms with Crippen LogP contribution in [0, 0.1) is 12.7 Å². The first-order valence-corrected chi connectivity index (χ1v) is 9.30. The van der Waals surface area contributed by atoms with Crippen molar-refractivity contribution in [3.8, 4) is 0 Å². The summed E-state index contributed by atoms with van der Waals surface area (Å²) in [5.41, 5.74) is 2.33. The van der Waals surface area contributed by atoms with Crippen LogP contribution in [0.1, 0.15) is 27.4 Å². The van der Waals surface area contributed by atoms with E-state index in [4.69, 9.17) is 0 Å². The first kappa shape index (κ1) is 19.4. The molecule has 4 rings (SSSR count). The van der Waals surface area contributed by atoms with Crippen molar-refractivity contribution in [3.63, 3.8) is 0 Å². The third-order valence-electron chi connectivity index (χ3n) is 4.67. The number of pyridine rings is 4. The van der Waals surface area contributed by atoms with Crippen LogP contribution >= 0.6 is 0 Å². The molecule has 0 atom stereocenters. The zero-order valence-corrected chi connectivity index (χ0v) is 16.2. The lowest BCUT2D eigenvalue weighted by Gasteiger charge is -2.10. The number of nitrogens with zero attached hydrogens (tertiary/aromatic N) is 4. The highest BCUT2D eigenvalue weighted by Crippen LogP contribution is 2.14. The topological polar surface area (TPSA) is 89.8 Å². The summed E-state index contributed by atoms with van der Waals surface area (Å²) in [6.45, 7) is 2.18. The highest BCUT2D eigenvalue weighted by atomic mass is 19.1. The maximum Gasteiger partial charge on any atom is 0.260 e. The van der Waals surface area contributed by atoms with Crippen molar-refractivity contribution in [2.45, 2.75) is 20.0 Å². The molecule has 0 aliphatic heterocycles. The number of carbonyl (C=O) groups excluding carboxylic acids is 1. The molecule has 0 unspecified atom stereocenters. The second kappa shape index (κ2) is 8.20. The highest BCUT2D eigenvalue weighted by molar-refractivity contribution is 5.98. The Bertz CT molecular complexity index is 1270. The summed E-state index contributed by atoms with van der Waals surface area (Å²) in [5.74, 6) is -0.770. The molecular formula is C22H18FN5O2. The van der Waals surface area contributed by atoms with E-state index in [0.29, 0.717) is 27.9 Å². The summed E-state index contributed by atoms with van der Waals surface area (Å²) in [6, 6.07) is 11.5. The van der Waals surface area contributed by atoms with Crippen LogP contribution in [-0.4, -0.2) is 25.4 Å². The van der Waals surface area contributed by atoms with Gasteiger partial charge in [-0.05, 0) is 43.3 Å².